The Labute approximate surface area is 153 Å². The van der Waals surface area contributed by atoms with E-state index in [0.717, 1.165) is 49.8 Å². The average Bonchev–Trinajstić information content (AvgIpc) is 2.93. The van der Waals surface area contributed by atoms with Gasteiger partial charge < -0.3 is 19.7 Å². The first-order valence-corrected chi connectivity index (χ1v) is 9.40. The molecule has 0 aromatic carbocycles. The van der Waals surface area contributed by atoms with Crippen LogP contribution < -0.4 is 10.2 Å². The van der Waals surface area contributed by atoms with Crippen LogP contribution in [0.3, 0.4) is 0 Å². The van der Waals surface area contributed by atoms with E-state index in [1.165, 1.54) is 12.8 Å². The number of nitrogens with one attached hydrogen (secondary N) is 1. The Balaban J connectivity index is 1.29. The van der Waals surface area contributed by atoms with Gasteiger partial charge in [0, 0.05) is 57.2 Å². The minimum atomic E-state index is -0.0228. The summed E-state index contributed by atoms with van der Waals surface area (Å²) in [5.41, 5.74) is 1.16. The normalized spacial score (nSPS) is 17.5. The molecule has 0 bridgehead atoms. The van der Waals surface area contributed by atoms with Crippen LogP contribution in [0.2, 0.25) is 0 Å². The monoisotopic (exact) mass is 355 g/mol. The summed E-state index contributed by atoms with van der Waals surface area (Å²) in [4.78, 5) is 20.7. The number of hydrogen-bond donors (Lipinski definition) is 1. The first-order chi connectivity index (χ1) is 12.8. The van der Waals surface area contributed by atoms with Gasteiger partial charge in [-0.25, -0.2) is 4.79 Å². The summed E-state index contributed by atoms with van der Waals surface area (Å²) in [5.74, 6) is 1.92. The molecule has 26 heavy (non-hydrogen) atoms. The van der Waals surface area contributed by atoms with Crippen LogP contribution >= 0.6 is 0 Å². The summed E-state index contributed by atoms with van der Waals surface area (Å²) < 4.78 is 2.18. The molecule has 0 spiro atoms. The molecule has 2 amide bonds. The molecule has 4 heterocycles. The molecule has 1 saturated heterocycles. The summed E-state index contributed by atoms with van der Waals surface area (Å²) in [6.45, 7) is 4.49. The van der Waals surface area contributed by atoms with Gasteiger partial charge in [0.15, 0.2) is 5.82 Å². The minimum absolute atomic E-state index is 0.0228. The third-order valence-electron chi connectivity index (χ3n) is 5.18. The van der Waals surface area contributed by atoms with Crippen LogP contribution in [0.25, 0.3) is 0 Å². The topological polar surface area (TPSA) is 79.2 Å². The lowest BCUT2D eigenvalue weighted by atomic mass is 10.2. The molecule has 8 nitrogen and oxygen atoms in total. The molecule has 1 N–H and O–H groups in total. The van der Waals surface area contributed by atoms with Crippen molar-refractivity contribution < 1.29 is 4.79 Å². The van der Waals surface area contributed by atoms with E-state index in [1.54, 1.807) is 12.4 Å². The molecule has 0 radical (unpaired) electrons. The number of carbonyl (C=O) groups is 1. The number of amides is 2. The fourth-order valence-corrected chi connectivity index (χ4v) is 3.67. The van der Waals surface area contributed by atoms with Crippen LogP contribution in [0.1, 0.15) is 30.9 Å². The Hall–Kier alpha value is -2.64. The smallest absolute Gasteiger partial charge is 0.317 e. The van der Waals surface area contributed by atoms with E-state index < -0.39 is 0 Å². The van der Waals surface area contributed by atoms with Crippen molar-refractivity contribution in [3.05, 3.63) is 36.2 Å². The molecule has 1 fully saturated rings. The third kappa shape index (κ3) is 3.63. The Morgan fingerprint density at radius 2 is 1.81 bits per heavy atom. The minimum Gasteiger partial charge on any atom is -0.368 e. The molecule has 0 atom stereocenters. The van der Waals surface area contributed by atoms with Gasteiger partial charge in [0.05, 0.1) is 6.54 Å². The van der Waals surface area contributed by atoms with Gasteiger partial charge in [-0.15, -0.1) is 10.2 Å². The number of aromatic nitrogens is 4. The van der Waals surface area contributed by atoms with Crippen LogP contribution in [0.5, 0.6) is 0 Å². The summed E-state index contributed by atoms with van der Waals surface area (Å²) >= 11 is 0. The number of carbonyl (C=O) groups excluding carboxylic acids is 1. The molecule has 4 rings (SSSR count). The predicted molar refractivity (Wildman–Crippen MR) is 97.8 cm³/mol. The lowest BCUT2D eigenvalue weighted by Crippen LogP contribution is -2.51. The number of fused-ring (bicyclic) bond motifs is 1. The van der Waals surface area contributed by atoms with E-state index in [9.17, 15) is 4.79 Å². The maximum atomic E-state index is 12.5. The van der Waals surface area contributed by atoms with E-state index in [1.807, 2.05) is 17.0 Å². The Bertz CT molecular complexity index is 737. The zero-order valence-electron chi connectivity index (χ0n) is 15.0. The lowest BCUT2D eigenvalue weighted by molar-refractivity contribution is 0.193. The largest absolute Gasteiger partial charge is 0.368 e. The van der Waals surface area contributed by atoms with Gasteiger partial charge in [-0.3, -0.25) is 4.98 Å². The first-order valence-electron chi connectivity index (χ1n) is 9.40. The summed E-state index contributed by atoms with van der Waals surface area (Å²) in [7, 11) is 0. The molecule has 2 aliphatic heterocycles. The van der Waals surface area contributed by atoms with Crippen LogP contribution in [-0.2, 0) is 19.5 Å². The zero-order chi connectivity index (χ0) is 17.8. The molecule has 138 valence electrons. The maximum Gasteiger partial charge on any atom is 0.317 e. The number of hydrogen-bond acceptors (Lipinski definition) is 5. The van der Waals surface area contributed by atoms with Crippen molar-refractivity contribution in [1.29, 1.82) is 0 Å². The number of aryl methyl sites for hydroxylation is 1. The Kier molecular flexibility index (Phi) is 4.99. The van der Waals surface area contributed by atoms with Crippen molar-refractivity contribution >= 4 is 11.7 Å². The average molecular weight is 355 g/mol. The van der Waals surface area contributed by atoms with Crippen molar-refractivity contribution in [2.24, 2.45) is 0 Å². The summed E-state index contributed by atoms with van der Waals surface area (Å²) in [6.07, 6.45) is 8.15. The van der Waals surface area contributed by atoms with Gasteiger partial charge in [-0.2, -0.15) is 0 Å². The molecule has 2 aromatic rings. The number of piperazine rings is 1. The molecule has 0 unspecified atom stereocenters. The summed E-state index contributed by atoms with van der Waals surface area (Å²) in [6, 6.07) is 3.99. The fourth-order valence-electron chi connectivity index (χ4n) is 3.67. The van der Waals surface area contributed by atoms with Gasteiger partial charge in [0.25, 0.3) is 0 Å². The van der Waals surface area contributed by atoms with Crippen molar-refractivity contribution in [1.82, 2.24) is 30.0 Å². The highest BCUT2D eigenvalue weighted by molar-refractivity contribution is 5.74. The highest BCUT2D eigenvalue weighted by Crippen LogP contribution is 2.16. The SMILES string of the molecule is O=C(NCc1nnc2n1CCCCC2)N1CCN(c2ccncc2)CC1. The van der Waals surface area contributed by atoms with Gasteiger partial charge >= 0.3 is 6.03 Å². The second-order valence-electron chi connectivity index (χ2n) is 6.83. The van der Waals surface area contributed by atoms with E-state index in [4.69, 9.17) is 0 Å². The van der Waals surface area contributed by atoms with Crippen LogP contribution in [0.4, 0.5) is 10.5 Å². The quantitative estimate of drug-likeness (QED) is 0.901. The second kappa shape index (κ2) is 7.72. The van der Waals surface area contributed by atoms with Crippen LogP contribution in [0, 0.1) is 0 Å². The second-order valence-corrected chi connectivity index (χ2v) is 6.83. The molecule has 8 heteroatoms. The van der Waals surface area contributed by atoms with Gasteiger partial charge in [0.2, 0.25) is 0 Å². The van der Waals surface area contributed by atoms with E-state index in [-0.39, 0.29) is 6.03 Å². The lowest BCUT2D eigenvalue weighted by Gasteiger charge is -2.36. The van der Waals surface area contributed by atoms with Crippen LogP contribution in [-0.4, -0.2) is 56.9 Å². The Morgan fingerprint density at radius 1 is 1.00 bits per heavy atom. The van der Waals surface area contributed by atoms with Gasteiger partial charge in [0.1, 0.15) is 5.82 Å². The molecular formula is C18H25N7O. The first kappa shape index (κ1) is 16.8. The number of rotatable bonds is 3. The van der Waals surface area contributed by atoms with Crippen molar-refractivity contribution in [2.75, 3.05) is 31.1 Å². The maximum absolute atomic E-state index is 12.5. The molecule has 2 aliphatic rings. The van der Waals surface area contributed by atoms with E-state index >= 15 is 0 Å². The number of pyridine rings is 1. The van der Waals surface area contributed by atoms with E-state index in [2.05, 4.69) is 30.0 Å². The molecular weight excluding hydrogens is 330 g/mol. The van der Waals surface area contributed by atoms with Gasteiger partial charge in [-0.05, 0) is 25.0 Å². The van der Waals surface area contributed by atoms with Crippen molar-refractivity contribution in [3.8, 4) is 0 Å². The highest BCUT2D eigenvalue weighted by atomic mass is 16.2. The number of nitrogens with zero attached hydrogens (tertiary/aromatic N) is 6. The highest BCUT2D eigenvalue weighted by Gasteiger charge is 2.22. The Morgan fingerprint density at radius 3 is 2.62 bits per heavy atom. The van der Waals surface area contributed by atoms with Crippen LogP contribution in [0.15, 0.2) is 24.5 Å². The van der Waals surface area contributed by atoms with Gasteiger partial charge in [-0.1, -0.05) is 6.42 Å². The molecule has 0 saturated carbocycles. The number of anilines is 1. The third-order valence-corrected chi connectivity index (χ3v) is 5.18. The zero-order valence-corrected chi connectivity index (χ0v) is 15.0. The van der Waals surface area contributed by atoms with Crippen molar-refractivity contribution in [2.45, 2.75) is 38.8 Å². The van der Waals surface area contributed by atoms with Crippen molar-refractivity contribution in [3.63, 3.8) is 0 Å². The summed E-state index contributed by atoms with van der Waals surface area (Å²) in [5, 5.41) is 11.6. The fraction of sp³-hybridized carbons (Fsp3) is 0.556. The number of urea groups is 1. The van der Waals surface area contributed by atoms with E-state index in [0.29, 0.717) is 19.6 Å². The molecule has 0 aliphatic carbocycles. The molecule has 2 aromatic heterocycles. The predicted octanol–water partition coefficient (Wildman–Crippen LogP) is 1.43. The standard InChI is InChI=1S/C18H25N7O/c26-18(20-14-17-22-21-16-4-2-1-3-9-25(16)17)24-12-10-23(11-13-24)15-5-7-19-8-6-15/h5-8H,1-4,9-14H2,(H,20,26).